The van der Waals surface area contributed by atoms with Crippen LogP contribution in [0, 0.1) is 0 Å². The first-order valence-corrected chi connectivity index (χ1v) is 26.4. The Kier molecular flexibility index (Phi) is 8.15. The maximum Gasteiger partial charge on any atom is 0.343 e. The number of rotatable bonds is 1. The van der Waals surface area contributed by atoms with Crippen LogP contribution in [0.15, 0.2) is 118 Å². The molecule has 14 rings (SSSR count). The second kappa shape index (κ2) is 13.4. The van der Waals surface area contributed by atoms with E-state index in [0.29, 0.717) is 0 Å². The van der Waals surface area contributed by atoms with E-state index in [4.69, 9.17) is 8.83 Å². The summed E-state index contributed by atoms with van der Waals surface area (Å²) in [5.41, 5.74) is 20.6. The minimum Gasteiger partial charge on any atom is -0.456 e. The van der Waals surface area contributed by atoms with Crippen LogP contribution >= 0.6 is 11.3 Å². The van der Waals surface area contributed by atoms with Crippen molar-refractivity contribution in [1.82, 2.24) is 4.57 Å². The van der Waals surface area contributed by atoms with E-state index in [0.717, 1.165) is 51.6 Å². The fourth-order valence-corrected chi connectivity index (χ4v) is 14.2. The van der Waals surface area contributed by atoms with Gasteiger partial charge in [0.05, 0.1) is 22.1 Å². The number of fused-ring (bicyclic) bond motifs is 19. The molecule has 0 spiro atoms. The first kappa shape index (κ1) is 42.6. The Morgan fingerprint density at radius 2 is 1.17 bits per heavy atom. The molecule has 3 aliphatic rings. The fourth-order valence-electron chi connectivity index (χ4n) is 12.9. The van der Waals surface area contributed by atoms with Crippen molar-refractivity contribution in [1.29, 1.82) is 0 Å². The van der Waals surface area contributed by atoms with Gasteiger partial charge in [-0.1, -0.05) is 132 Å². The molecule has 0 fully saturated rings. The minimum absolute atomic E-state index is 0.00880. The molecule has 70 heavy (non-hydrogen) atoms. The molecule has 0 amide bonds. The van der Waals surface area contributed by atoms with Crippen molar-refractivity contribution in [3.63, 3.8) is 0 Å². The van der Waals surface area contributed by atoms with Crippen LogP contribution in [0.1, 0.15) is 131 Å². The SMILES string of the molecule is CC(C)(C)c1ccc(N2B3c4sc5ccc(C(C)(C)C)cc5c4-n4c5ccc(C(C)(C)C)cc5c5c6oc7ccccc7c6c(c3c54)-c3cc4c(cc32)oc2cc3c(cc24)C(C)(C)CCC3(C)C)cc1. The quantitative estimate of drug-likeness (QED) is 0.154. The summed E-state index contributed by atoms with van der Waals surface area (Å²) in [6.45, 7) is 30.4. The van der Waals surface area contributed by atoms with Crippen LogP contribution in [0.4, 0.5) is 11.4 Å². The number of furan rings is 2. The predicted octanol–water partition coefficient (Wildman–Crippen LogP) is 17.3. The van der Waals surface area contributed by atoms with Gasteiger partial charge in [0.15, 0.2) is 0 Å². The zero-order valence-corrected chi connectivity index (χ0v) is 43.8. The molecule has 7 aromatic carbocycles. The van der Waals surface area contributed by atoms with Gasteiger partial charge in [0.25, 0.3) is 0 Å². The van der Waals surface area contributed by atoms with Gasteiger partial charge < -0.3 is 18.2 Å². The van der Waals surface area contributed by atoms with Gasteiger partial charge in [-0.05, 0) is 139 Å². The number of hydrogen-bond donors (Lipinski definition) is 0. The summed E-state index contributed by atoms with van der Waals surface area (Å²) in [4.78, 5) is 2.68. The van der Waals surface area contributed by atoms with Gasteiger partial charge in [-0.2, -0.15) is 0 Å². The summed E-state index contributed by atoms with van der Waals surface area (Å²) in [7, 11) is 0. The summed E-state index contributed by atoms with van der Waals surface area (Å²) in [5, 5.41) is 8.45. The third-order valence-corrected chi connectivity index (χ3v) is 18.3. The van der Waals surface area contributed by atoms with E-state index in [-0.39, 0.29) is 33.9 Å². The van der Waals surface area contributed by atoms with Crippen molar-refractivity contribution in [2.24, 2.45) is 0 Å². The molecule has 0 bridgehead atoms. The van der Waals surface area contributed by atoms with E-state index in [9.17, 15) is 0 Å². The van der Waals surface area contributed by atoms with Crippen LogP contribution in [-0.2, 0) is 27.1 Å². The molecule has 4 nitrogen and oxygen atoms in total. The Hall–Kier alpha value is -6.24. The van der Waals surface area contributed by atoms with Gasteiger partial charge in [0.2, 0.25) is 0 Å². The molecule has 0 unspecified atom stereocenters. The number of aromatic nitrogens is 1. The molecule has 2 aliphatic heterocycles. The topological polar surface area (TPSA) is 34.5 Å². The van der Waals surface area contributed by atoms with Gasteiger partial charge in [0, 0.05) is 64.8 Å². The van der Waals surface area contributed by atoms with Crippen LogP contribution in [0.25, 0.3) is 92.6 Å². The molecular weight excluding hydrogens is 872 g/mol. The van der Waals surface area contributed by atoms with E-state index in [1.54, 1.807) is 0 Å². The smallest absolute Gasteiger partial charge is 0.343 e. The summed E-state index contributed by atoms with van der Waals surface area (Å²) in [5.74, 6) is 0. The van der Waals surface area contributed by atoms with E-state index >= 15 is 0 Å². The molecule has 4 aromatic heterocycles. The third-order valence-electron chi connectivity index (χ3n) is 17.1. The summed E-state index contributed by atoms with van der Waals surface area (Å²) in [6, 6.07) is 42.5. The summed E-state index contributed by atoms with van der Waals surface area (Å²) in [6.07, 6.45) is 2.31. The zero-order valence-electron chi connectivity index (χ0n) is 43.0. The van der Waals surface area contributed by atoms with Crippen LogP contribution in [0.3, 0.4) is 0 Å². The minimum atomic E-state index is -0.149. The Labute approximate surface area is 415 Å². The van der Waals surface area contributed by atoms with Gasteiger partial charge in [-0.25, -0.2) is 0 Å². The maximum atomic E-state index is 7.33. The van der Waals surface area contributed by atoms with Crippen LogP contribution in [0.2, 0.25) is 0 Å². The maximum absolute atomic E-state index is 7.33. The molecular formula is C64H61BN2O2S. The van der Waals surface area contributed by atoms with Gasteiger partial charge >= 0.3 is 6.85 Å². The molecule has 6 heteroatoms. The van der Waals surface area contributed by atoms with Gasteiger partial charge in [-0.3, -0.25) is 0 Å². The molecule has 0 saturated carbocycles. The lowest BCUT2D eigenvalue weighted by molar-refractivity contribution is 0.332. The molecule has 0 radical (unpaired) electrons. The highest BCUT2D eigenvalue weighted by Crippen LogP contribution is 2.55. The van der Waals surface area contributed by atoms with E-state index < -0.39 is 0 Å². The number of hydrogen-bond acceptors (Lipinski definition) is 4. The van der Waals surface area contributed by atoms with Crippen molar-refractivity contribution >= 4 is 116 Å². The monoisotopic (exact) mass is 932 g/mol. The highest BCUT2D eigenvalue weighted by atomic mass is 32.1. The van der Waals surface area contributed by atoms with Crippen LogP contribution in [0.5, 0.6) is 0 Å². The van der Waals surface area contributed by atoms with Gasteiger partial charge in [0.1, 0.15) is 22.3 Å². The standard InChI is InChI=1S/C64H61BN2O2S/c1-60(2,3)34-18-22-37(23-19-34)67-47-33-50-39(40-31-44-45(32-49(40)68-50)64(12,13)27-26-63(44,10)11)30-42(47)52-53-38-16-14-15-17-48(38)69-58(53)54-41-28-35(61(4,5)6)20-24-46(41)66-56-43-29-36(62(7,8)9)21-25-51(43)70-59(56)65(67)55(52)57(54)66/h14-25,28-33H,26-27H2,1-13H3. The number of para-hydroxylation sites is 1. The number of nitrogens with zero attached hydrogens (tertiary/aromatic N) is 2. The van der Waals surface area contributed by atoms with Crippen LogP contribution < -0.4 is 15.1 Å². The largest absolute Gasteiger partial charge is 0.456 e. The predicted molar refractivity (Wildman–Crippen MR) is 301 cm³/mol. The lowest BCUT2D eigenvalue weighted by Crippen LogP contribution is -2.59. The second-order valence-electron chi connectivity index (χ2n) is 25.6. The average molecular weight is 933 g/mol. The molecule has 1 aliphatic carbocycles. The fraction of sp³-hybridized carbons (Fsp3) is 0.312. The van der Waals surface area contributed by atoms with Crippen molar-refractivity contribution in [2.75, 3.05) is 4.81 Å². The Balaban J connectivity index is 1.21. The Morgan fingerprint density at radius 3 is 1.87 bits per heavy atom. The number of thiophene rings is 1. The lowest BCUT2D eigenvalue weighted by Gasteiger charge is -2.41. The van der Waals surface area contributed by atoms with Crippen molar-refractivity contribution < 1.29 is 8.83 Å². The van der Waals surface area contributed by atoms with E-state index in [1.807, 2.05) is 11.3 Å². The average Bonchev–Trinajstić information content (AvgIpc) is 4.06. The van der Waals surface area contributed by atoms with E-state index in [2.05, 4.69) is 209 Å². The first-order chi connectivity index (χ1) is 33.1. The van der Waals surface area contributed by atoms with Crippen LogP contribution in [-0.4, -0.2) is 11.4 Å². The highest BCUT2D eigenvalue weighted by molar-refractivity contribution is 7.32. The Bertz CT molecular complexity index is 4130. The molecule has 11 aromatic rings. The van der Waals surface area contributed by atoms with E-state index in [1.165, 1.54) is 103 Å². The van der Waals surface area contributed by atoms with Crippen molar-refractivity contribution in [2.45, 2.75) is 130 Å². The lowest BCUT2D eigenvalue weighted by atomic mass is 9.47. The van der Waals surface area contributed by atoms with Gasteiger partial charge in [-0.15, -0.1) is 11.3 Å². The normalized spacial score (nSPS) is 16.4. The second-order valence-corrected chi connectivity index (χ2v) is 26.7. The molecule has 348 valence electrons. The third kappa shape index (κ3) is 5.60. The number of benzene rings is 7. The molecule has 0 atom stereocenters. The first-order valence-electron chi connectivity index (χ1n) is 25.6. The highest BCUT2D eigenvalue weighted by Gasteiger charge is 2.48. The molecule has 6 heterocycles. The molecule has 0 N–H and O–H groups in total. The molecule has 0 saturated heterocycles. The Morgan fingerprint density at radius 1 is 0.557 bits per heavy atom. The van der Waals surface area contributed by atoms with Crippen molar-refractivity contribution in [3.8, 4) is 16.8 Å². The zero-order chi connectivity index (χ0) is 48.5. The van der Waals surface area contributed by atoms with Crippen molar-refractivity contribution in [3.05, 3.63) is 137 Å². The number of anilines is 2. The summed E-state index contributed by atoms with van der Waals surface area (Å²) < 4.78 is 19.8. The summed E-state index contributed by atoms with van der Waals surface area (Å²) >= 11 is 1.96.